The number of benzene rings is 2. The number of pyridine rings is 1. The fourth-order valence-corrected chi connectivity index (χ4v) is 6.50. The molecule has 0 aliphatic carbocycles. The number of ether oxygens (including phenoxy) is 1. The highest BCUT2D eigenvalue weighted by Crippen LogP contribution is 2.45. The number of aromatic nitrogens is 2. The van der Waals surface area contributed by atoms with Crippen LogP contribution in [0, 0.1) is 20.8 Å². The third-order valence-electron chi connectivity index (χ3n) is 7.05. The zero-order valence-corrected chi connectivity index (χ0v) is 25.2. The van der Waals surface area contributed by atoms with Crippen LogP contribution in [0.4, 0.5) is 11.4 Å². The summed E-state index contributed by atoms with van der Waals surface area (Å²) in [6.07, 6.45) is 2.91. The second-order valence-electron chi connectivity index (χ2n) is 9.85. The molecule has 208 valence electrons. The first-order valence-electron chi connectivity index (χ1n) is 12.6. The molecule has 11 heteroatoms. The molecule has 0 saturated carbocycles. The van der Waals surface area contributed by atoms with Crippen molar-refractivity contribution in [2.45, 2.75) is 32.9 Å². The van der Waals surface area contributed by atoms with Crippen LogP contribution >= 0.6 is 23.8 Å². The third kappa shape index (κ3) is 5.26. The van der Waals surface area contributed by atoms with Crippen molar-refractivity contribution in [3.63, 3.8) is 0 Å². The van der Waals surface area contributed by atoms with Gasteiger partial charge in [0.15, 0.2) is 5.11 Å². The molecular weight excluding hydrogens is 566 g/mol. The summed E-state index contributed by atoms with van der Waals surface area (Å²) in [5.41, 5.74) is 6.91. The third-order valence-corrected chi connectivity index (χ3v) is 8.19. The number of methoxy groups -OCH3 is 1. The Balaban J connectivity index is 1.67. The van der Waals surface area contributed by atoms with Gasteiger partial charge in [-0.25, -0.2) is 8.42 Å². The maximum absolute atomic E-state index is 11.9. The first-order valence-corrected chi connectivity index (χ1v) is 15.3. The number of aryl methyl sites for hydroxylation is 2. The average molecular weight is 596 g/mol. The number of hydrogen-bond donors (Lipinski definition) is 2. The lowest BCUT2D eigenvalue weighted by molar-refractivity contribution is 0.412. The lowest BCUT2D eigenvalue weighted by Crippen LogP contribution is -2.29. The van der Waals surface area contributed by atoms with Gasteiger partial charge in [0.05, 0.1) is 42.5 Å². The lowest BCUT2D eigenvalue weighted by atomic mass is 9.96. The van der Waals surface area contributed by atoms with Gasteiger partial charge < -0.3 is 19.5 Å². The maximum Gasteiger partial charge on any atom is 0.229 e. The number of halogens is 1. The smallest absolute Gasteiger partial charge is 0.229 e. The SMILES string of the molecule is COc1ccc(Cl)cc1-n1c(C)cc([C@@H]2[C@H](c3ccccn3)NC(=S)N2c2ccc(NS(C)(=O)=O)c(C)c2)c1C. The fourth-order valence-electron chi connectivity index (χ4n) is 5.36. The average Bonchev–Trinajstić information content (AvgIpc) is 3.39. The minimum Gasteiger partial charge on any atom is -0.495 e. The van der Waals surface area contributed by atoms with E-state index in [1.807, 2.05) is 62.4 Å². The summed E-state index contributed by atoms with van der Waals surface area (Å²) in [7, 11) is -1.77. The van der Waals surface area contributed by atoms with E-state index in [2.05, 4.69) is 37.5 Å². The summed E-state index contributed by atoms with van der Waals surface area (Å²) >= 11 is 12.3. The Morgan fingerprint density at radius 1 is 1.07 bits per heavy atom. The van der Waals surface area contributed by atoms with Gasteiger partial charge in [0.25, 0.3) is 0 Å². The monoisotopic (exact) mass is 595 g/mol. The minimum atomic E-state index is -3.42. The van der Waals surface area contributed by atoms with Gasteiger partial charge in [-0.2, -0.15) is 0 Å². The molecule has 1 saturated heterocycles. The summed E-state index contributed by atoms with van der Waals surface area (Å²) in [5.74, 6) is 0.709. The van der Waals surface area contributed by atoms with Crippen molar-refractivity contribution in [3.05, 3.63) is 100 Å². The predicted octanol–water partition coefficient (Wildman–Crippen LogP) is 6.01. The summed E-state index contributed by atoms with van der Waals surface area (Å²) in [6, 6.07) is 18.6. The normalized spacial score (nSPS) is 17.1. The van der Waals surface area contributed by atoms with Crippen LogP contribution in [-0.4, -0.2) is 36.4 Å². The summed E-state index contributed by atoms with van der Waals surface area (Å²) in [6.45, 7) is 5.99. The standard InChI is InChI=1S/C29H30ClN5O3S2/c1-17-14-21(10-11-23(17)33-40(5,36)37)35-28(27(32-29(35)39)24-8-6-7-13-31-24)22-15-18(2)34(19(22)3)25-16-20(30)9-12-26(25)38-4/h6-16,27-28,33H,1-5H3,(H,32,39)/t27-,28+/m0/s1. The van der Waals surface area contributed by atoms with E-state index in [0.29, 0.717) is 21.6 Å². The molecule has 4 aromatic rings. The molecule has 2 aromatic heterocycles. The molecule has 0 spiro atoms. The van der Waals surface area contributed by atoms with E-state index in [1.165, 1.54) is 0 Å². The quantitative estimate of drug-likeness (QED) is 0.253. The molecule has 1 aliphatic heterocycles. The van der Waals surface area contributed by atoms with Gasteiger partial charge >= 0.3 is 0 Å². The topological polar surface area (TPSA) is 88.5 Å². The molecule has 0 radical (unpaired) electrons. The molecule has 1 aliphatic rings. The number of nitrogens with zero attached hydrogens (tertiary/aromatic N) is 3. The molecule has 0 bridgehead atoms. The molecule has 0 amide bonds. The summed E-state index contributed by atoms with van der Waals surface area (Å²) < 4.78 is 34.1. The van der Waals surface area contributed by atoms with Crippen molar-refractivity contribution in [3.8, 4) is 11.4 Å². The Morgan fingerprint density at radius 2 is 1.85 bits per heavy atom. The van der Waals surface area contributed by atoms with Crippen molar-refractivity contribution in [2.24, 2.45) is 0 Å². The zero-order valence-electron chi connectivity index (χ0n) is 22.8. The Hall–Kier alpha value is -3.60. The first kappa shape index (κ1) is 27.9. The van der Waals surface area contributed by atoms with Gasteiger partial charge in [-0.05, 0) is 98.7 Å². The molecule has 2 aromatic carbocycles. The zero-order chi connectivity index (χ0) is 28.8. The number of rotatable bonds is 7. The molecule has 8 nitrogen and oxygen atoms in total. The van der Waals surface area contributed by atoms with Gasteiger partial charge in [0.2, 0.25) is 10.0 Å². The van der Waals surface area contributed by atoms with Crippen molar-refractivity contribution in [1.82, 2.24) is 14.9 Å². The van der Waals surface area contributed by atoms with E-state index in [0.717, 1.165) is 45.8 Å². The molecule has 3 heterocycles. The van der Waals surface area contributed by atoms with Crippen LogP contribution in [-0.2, 0) is 10.0 Å². The summed E-state index contributed by atoms with van der Waals surface area (Å²) in [4.78, 5) is 6.73. The maximum atomic E-state index is 11.9. The number of sulfonamides is 1. The number of anilines is 2. The van der Waals surface area contributed by atoms with Gasteiger partial charge in [-0.1, -0.05) is 17.7 Å². The van der Waals surface area contributed by atoms with E-state index in [9.17, 15) is 8.42 Å². The molecule has 2 N–H and O–H groups in total. The number of nitrogens with one attached hydrogen (secondary N) is 2. The molecule has 5 rings (SSSR count). The fraction of sp³-hybridized carbons (Fsp3) is 0.241. The van der Waals surface area contributed by atoms with E-state index >= 15 is 0 Å². The Bertz CT molecular complexity index is 1710. The highest BCUT2D eigenvalue weighted by molar-refractivity contribution is 7.92. The van der Waals surface area contributed by atoms with Crippen molar-refractivity contribution >= 4 is 50.3 Å². The van der Waals surface area contributed by atoms with Gasteiger partial charge in [-0.15, -0.1) is 0 Å². The molecule has 40 heavy (non-hydrogen) atoms. The van der Waals surface area contributed by atoms with E-state index in [1.54, 1.807) is 19.4 Å². The highest BCUT2D eigenvalue weighted by atomic mass is 35.5. The summed E-state index contributed by atoms with van der Waals surface area (Å²) in [5, 5.41) is 4.66. The number of thiocarbonyl (C=S) groups is 1. The van der Waals surface area contributed by atoms with E-state index in [-0.39, 0.29) is 12.1 Å². The van der Waals surface area contributed by atoms with Crippen molar-refractivity contribution < 1.29 is 13.2 Å². The lowest BCUT2D eigenvalue weighted by Gasteiger charge is -2.29. The van der Waals surface area contributed by atoms with Crippen LogP contribution in [0.1, 0.15) is 40.3 Å². The van der Waals surface area contributed by atoms with Crippen LogP contribution in [0.15, 0.2) is 66.9 Å². The van der Waals surface area contributed by atoms with Gasteiger partial charge in [0, 0.05) is 28.3 Å². The molecule has 2 atom stereocenters. The van der Waals surface area contributed by atoms with Crippen LogP contribution in [0.25, 0.3) is 5.69 Å². The van der Waals surface area contributed by atoms with Crippen LogP contribution in [0.2, 0.25) is 5.02 Å². The Kier molecular flexibility index (Phi) is 7.52. The van der Waals surface area contributed by atoms with Crippen LogP contribution in [0.5, 0.6) is 5.75 Å². The van der Waals surface area contributed by atoms with Gasteiger partial charge in [0.1, 0.15) is 5.75 Å². The van der Waals surface area contributed by atoms with E-state index < -0.39 is 10.0 Å². The largest absolute Gasteiger partial charge is 0.495 e. The second kappa shape index (κ2) is 10.8. The van der Waals surface area contributed by atoms with E-state index in [4.69, 9.17) is 28.6 Å². The van der Waals surface area contributed by atoms with Crippen LogP contribution in [0.3, 0.4) is 0 Å². The van der Waals surface area contributed by atoms with Gasteiger partial charge in [-0.3, -0.25) is 9.71 Å². The Labute approximate surface area is 245 Å². The number of hydrogen-bond acceptors (Lipinski definition) is 5. The molecule has 1 fully saturated rings. The second-order valence-corrected chi connectivity index (χ2v) is 12.4. The predicted molar refractivity (Wildman–Crippen MR) is 164 cm³/mol. The molecule has 0 unspecified atom stereocenters. The highest BCUT2D eigenvalue weighted by Gasteiger charge is 2.42. The Morgan fingerprint density at radius 3 is 2.50 bits per heavy atom. The minimum absolute atomic E-state index is 0.238. The van der Waals surface area contributed by atoms with Crippen molar-refractivity contribution in [1.29, 1.82) is 0 Å². The molecular formula is C29H30ClN5O3S2. The first-order chi connectivity index (χ1) is 19.0. The van der Waals surface area contributed by atoms with Crippen LogP contribution < -0.4 is 19.7 Å². The van der Waals surface area contributed by atoms with Crippen molar-refractivity contribution in [2.75, 3.05) is 23.0 Å².